The van der Waals surface area contributed by atoms with E-state index in [1.165, 1.54) is 16.6 Å². The van der Waals surface area contributed by atoms with E-state index in [0.29, 0.717) is 56.2 Å². The van der Waals surface area contributed by atoms with Gasteiger partial charge in [0.2, 0.25) is 21.8 Å². The summed E-state index contributed by atoms with van der Waals surface area (Å²) >= 11 is 0. The molecule has 2 aromatic rings. The van der Waals surface area contributed by atoms with Crippen LogP contribution in [0.25, 0.3) is 0 Å². The number of benzene rings is 1. The molecule has 174 valence electrons. The number of nitrogens with one attached hydrogen (secondary N) is 1. The van der Waals surface area contributed by atoms with Gasteiger partial charge in [-0.15, -0.1) is 0 Å². The third-order valence-corrected chi connectivity index (χ3v) is 7.77. The molecule has 1 spiro atoms. The van der Waals surface area contributed by atoms with Gasteiger partial charge < -0.3 is 9.84 Å². The lowest BCUT2D eigenvalue weighted by molar-refractivity contribution is -0.122. The van der Waals surface area contributed by atoms with E-state index in [4.69, 9.17) is 4.52 Å². The summed E-state index contributed by atoms with van der Waals surface area (Å²) in [5.41, 5.74) is 0.302. The Morgan fingerprint density at radius 3 is 2.66 bits per heavy atom. The lowest BCUT2D eigenvalue weighted by Crippen LogP contribution is -2.44. The topological polar surface area (TPSA) is 109 Å². The second kappa shape index (κ2) is 8.87. The molecule has 2 aliphatic heterocycles. The number of hydrogen-bond acceptors (Lipinski definition) is 7. The summed E-state index contributed by atoms with van der Waals surface area (Å²) in [6.07, 6.45) is 3.36. The summed E-state index contributed by atoms with van der Waals surface area (Å²) in [5.74, 6) is 0.411. The highest BCUT2D eigenvalue weighted by Gasteiger charge is 2.49. The van der Waals surface area contributed by atoms with Crippen LogP contribution >= 0.6 is 0 Å². The van der Waals surface area contributed by atoms with Gasteiger partial charge in [0.1, 0.15) is 5.82 Å². The van der Waals surface area contributed by atoms with Crippen LogP contribution in [0.5, 0.6) is 0 Å². The van der Waals surface area contributed by atoms with Gasteiger partial charge in [-0.3, -0.25) is 9.69 Å². The number of halogens is 1. The number of likely N-dealkylation sites (tertiary alicyclic amines) is 1. The van der Waals surface area contributed by atoms with Crippen LogP contribution in [-0.2, 0) is 21.4 Å². The van der Waals surface area contributed by atoms with Crippen molar-refractivity contribution in [2.24, 2.45) is 5.41 Å². The molecule has 1 N–H and O–H groups in total. The van der Waals surface area contributed by atoms with Crippen molar-refractivity contribution in [1.82, 2.24) is 24.7 Å². The first kappa shape index (κ1) is 22.8. The van der Waals surface area contributed by atoms with Gasteiger partial charge in [-0.25, -0.2) is 17.1 Å². The van der Waals surface area contributed by atoms with E-state index in [9.17, 15) is 17.6 Å². The van der Waals surface area contributed by atoms with Crippen molar-refractivity contribution in [1.29, 1.82) is 0 Å². The zero-order valence-electron chi connectivity index (χ0n) is 18.3. The Bertz CT molecular complexity index is 1080. The summed E-state index contributed by atoms with van der Waals surface area (Å²) in [4.78, 5) is 19.1. The highest BCUT2D eigenvalue weighted by Crippen LogP contribution is 2.48. The number of aryl methyl sites for hydroxylation is 1. The zero-order chi connectivity index (χ0) is 22.9. The Balaban J connectivity index is 1.45. The number of sulfonamides is 1. The molecule has 1 atom stereocenters. The van der Waals surface area contributed by atoms with Gasteiger partial charge in [-0.1, -0.05) is 23.4 Å². The van der Waals surface area contributed by atoms with Gasteiger partial charge in [0.15, 0.2) is 5.82 Å². The molecule has 1 aromatic heterocycles. The van der Waals surface area contributed by atoms with E-state index in [1.807, 2.05) is 4.90 Å². The second-order valence-electron chi connectivity index (χ2n) is 8.83. The minimum Gasteiger partial charge on any atom is -0.351 e. The van der Waals surface area contributed by atoms with Crippen molar-refractivity contribution in [3.8, 4) is 0 Å². The minimum absolute atomic E-state index is 0.109. The average molecular weight is 466 g/mol. The van der Waals surface area contributed by atoms with E-state index in [-0.39, 0.29) is 36.3 Å². The molecular weight excluding hydrogens is 437 g/mol. The van der Waals surface area contributed by atoms with Crippen LogP contribution in [0.2, 0.25) is 0 Å². The van der Waals surface area contributed by atoms with Crippen molar-refractivity contribution in [3.63, 3.8) is 0 Å². The van der Waals surface area contributed by atoms with Crippen LogP contribution in [0.15, 0.2) is 28.8 Å². The molecule has 2 aliphatic rings. The second-order valence-corrected chi connectivity index (χ2v) is 10.8. The third-order valence-electron chi connectivity index (χ3n) is 6.47. The molecule has 1 aromatic carbocycles. The van der Waals surface area contributed by atoms with Gasteiger partial charge in [-0.2, -0.15) is 4.98 Å². The molecule has 0 saturated carbocycles. The zero-order valence-corrected chi connectivity index (χ0v) is 19.1. The van der Waals surface area contributed by atoms with Crippen molar-refractivity contribution in [2.45, 2.75) is 38.8 Å². The van der Waals surface area contributed by atoms with Crippen LogP contribution in [0.3, 0.4) is 0 Å². The first-order valence-electron chi connectivity index (χ1n) is 10.6. The first-order valence-corrected chi connectivity index (χ1v) is 12.5. The molecule has 4 rings (SSSR count). The van der Waals surface area contributed by atoms with Crippen molar-refractivity contribution in [3.05, 3.63) is 47.4 Å². The molecule has 0 bridgehead atoms. The van der Waals surface area contributed by atoms with Crippen LogP contribution in [0.1, 0.15) is 42.6 Å². The average Bonchev–Trinajstić information content (AvgIpc) is 3.31. The lowest BCUT2D eigenvalue weighted by atomic mass is 9.77. The molecule has 32 heavy (non-hydrogen) atoms. The summed E-state index contributed by atoms with van der Waals surface area (Å²) in [6.45, 7) is 3.51. The lowest BCUT2D eigenvalue weighted by Gasteiger charge is -2.38. The molecule has 11 heteroatoms. The normalized spacial score (nSPS) is 21.8. The highest BCUT2D eigenvalue weighted by atomic mass is 32.2. The van der Waals surface area contributed by atoms with Gasteiger partial charge >= 0.3 is 0 Å². The molecule has 2 saturated heterocycles. The van der Waals surface area contributed by atoms with Gasteiger partial charge in [0.25, 0.3) is 0 Å². The van der Waals surface area contributed by atoms with Crippen molar-refractivity contribution < 1.29 is 22.1 Å². The van der Waals surface area contributed by atoms with Crippen molar-refractivity contribution >= 4 is 15.9 Å². The Hall–Kier alpha value is -2.37. The predicted octanol–water partition coefficient (Wildman–Crippen LogP) is 1.62. The van der Waals surface area contributed by atoms with E-state index < -0.39 is 10.0 Å². The predicted molar refractivity (Wildman–Crippen MR) is 114 cm³/mol. The highest BCUT2D eigenvalue weighted by molar-refractivity contribution is 7.88. The monoisotopic (exact) mass is 465 g/mol. The Morgan fingerprint density at radius 1 is 1.31 bits per heavy atom. The quantitative estimate of drug-likeness (QED) is 0.691. The fraction of sp³-hybridized carbons (Fsp3) is 0.571. The van der Waals surface area contributed by atoms with Gasteiger partial charge in [0.05, 0.1) is 18.8 Å². The molecule has 2 fully saturated rings. The number of piperidine rings is 1. The number of nitrogens with zero attached hydrogens (tertiary/aromatic N) is 4. The summed E-state index contributed by atoms with van der Waals surface area (Å²) in [5, 5.41) is 6.68. The first-order chi connectivity index (χ1) is 15.2. The fourth-order valence-electron chi connectivity index (χ4n) is 4.73. The minimum atomic E-state index is -3.22. The Labute approximate surface area is 187 Å². The molecule has 0 aliphatic carbocycles. The van der Waals surface area contributed by atoms with Crippen molar-refractivity contribution in [2.75, 3.05) is 32.4 Å². The Kier molecular flexibility index (Phi) is 6.33. The largest absolute Gasteiger partial charge is 0.351 e. The maximum absolute atomic E-state index is 13.8. The maximum Gasteiger partial charge on any atom is 0.244 e. The molecule has 3 heterocycles. The maximum atomic E-state index is 13.8. The fourth-order valence-corrected chi connectivity index (χ4v) is 5.58. The van der Waals surface area contributed by atoms with Gasteiger partial charge in [-0.05, 0) is 37.7 Å². The molecular formula is C21H28FN5O4S. The summed E-state index contributed by atoms with van der Waals surface area (Å²) in [6, 6.07) is 6.12. The number of aromatic nitrogens is 2. The smallest absolute Gasteiger partial charge is 0.244 e. The molecule has 9 nitrogen and oxygen atoms in total. The van der Waals surface area contributed by atoms with Crippen LogP contribution in [0, 0.1) is 18.2 Å². The third kappa shape index (κ3) is 5.00. The van der Waals surface area contributed by atoms with Crippen LogP contribution in [0.4, 0.5) is 4.39 Å². The number of hydrogen-bond donors (Lipinski definition) is 1. The number of carbonyl (C=O) groups is 1. The number of carbonyl (C=O) groups excluding carboxylic acids is 1. The molecule has 1 amide bonds. The SMILES string of the molecule is Cc1noc(C2CC3(CCN(S(C)(=O)=O)CC3)CN2CC(=O)NCc2ccccc2F)n1. The van der Waals surface area contributed by atoms with E-state index in [0.717, 1.165) is 0 Å². The summed E-state index contributed by atoms with van der Waals surface area (Å²) in [7, 11) is -3.22. The molecule has 1 unspecified atom stereocenters. The standard InChI is InChI=1S/C21H28FN5O4S/c1-15-24-20(31-25-15)18-11-21(7-9-27(10-8-21)32(2,29)30)14-26(18)13-19(28)23-12-16-5-3-4-6-17(16)22/h3-6,18H,7-14H2,1-2H3,(H,23,28). The van der Waals surface area contributed by atoms with Gasteiger partial charge in [0, 0.05) is 31.7 Å². The summed E-state index contributed by atoms with van der Waals surface area (Å²) < 4.78 is 44.6. The number of rotatable bonds is 6. The van der Waals surface area contributed by atoms with Crippen LogP contribution < -0.4 is 5.32 Å². The Morgan fingerprint density at radius 2 is 2.03 bits per heavy atom. The van der Waals surface area contributed by atoms with Crippen LogP contribution in [-0.4, -0.2) is 66.1 Å². The van der Waals surface area contributed by atoms with E-state index in [2.05, 4.69) is 15.5 Å². The van der Waals surface area contributed by atoms with E-state index in [1.54, 1.807) is 25.1 Å². The molecule has 0 radical (unpaired) electrons. The van der Waals surface area contributed by atoms with E-state index >= 15 is 0 Å². The number of amides is 1.